The minimum atomic E-state index is -3.84. The predicted octanol–water partition coefficient (Wildman–Crippen LogP) is 2.21. The van der Waals surface area contributed by atoms with Crippen LogP contribution in [0.25, 0.3) is 0 Å². The van der Waals surface area contributed by atoms with Gasteiger partial charge in [-0.05, 0) is 62.8 Å². The molecular formula is C40H66BrN5O14S. The molecule has 1 aromatic rings. The zero-order valence-electron chi connectivity index (χ0n) is 35.1. The average Bonchev–Trinajstić information content (AvgIpc) is 3.22. The third-order valence-corrected chi connectivity index (χ3v) is 10.3. The second-order valence-corrected chi connectivity index (χ2v) is 16.2. The van der Waals surface area contributed by atoms with Gasteiger partial charge in [-0.15, -0.1) is 0 Å². The summed E-state index contributed by atoms with van der Waals surface area (Å²) in [5, 5.41) is 20.0. The van der Waals surface area contributed by atoms with Gasteiger partial charge in [-0.2, -0.15) is 0 Å². The van der Waals surface area contributed by atoms with Crippen LogP contribution < -0.4 is 30.7 Å². The van der Waals surface area contributed by atoms with Crippen molar-refractivity contribution in [3.63, 3.8) is 0 Å². The van der Waals surface area contributed by atoms with Crippen molar-refractivity contribution in [3.8, 4) is 5.75 Å². The van der Waals surface area contributed by atoms with Crippen LogP contribution >= 0.6 is 15.9 Å². The molecule has 1 aromatic carbocycles. The van der Waals surface area contributed by atoms with E-state index in [-0.39, 0.29) is 125 Å². The Kier molecular flexibility index (Phi) is 33.2. The van der Waals surface area contributed by atoms with E-state index in [1.54, 1.807) is 12.1 Å². The summed E-state index contributed by atoms with van der Waals surface area (Å²) in [5.74, 6) is -2.17. The number of carbonyl (C=O) groups excluding carboxylic acids is 5. The molecule has 6 N–H and O–H groups in total. The van der Waals surface area contributed by atoms with E-state index in [1.807, 2.05) is 0 Å². The van der Waals surface area contributed by atoms with Gasteiger partial charge in [-0.25, -0.2) is 13.2 Å². The molecule has 0 heterocycles. The number of halogens is 1. The summed E-state index contributed by atoms with van der Waals surface area (Å²) >= 11 is 3.08. The van der Waals surface area contributed by atoms with Crippen LogP contribution in [-0.2, 0) is 52.9 Å². The molecular weight excluding hydrogens is 886 g/mol. The second kappa shape index (κ2) is 36.7. The van der Waals surface area contributed by atoms with Crippen LogP contribution in [0.4, 0.5) is 0 Å². The first-order valence-corrected chi connectivity index (χ1v) is 23.6. The van der Waals surface area contributed by atoms with Crippen molar-refractivity contribution in [2.24, 2.45) is 0 Å². The van der Waals surface area contributed by atoms with Crippen LogP contribution in [0.5, 0.6) is 5.75 Å². The number of aromatic carboxylic acids is 1. The summed E-state index contributed by atoms with van der Waals surface area (Å²) in [6.07, 6.45) is 8.84. The zero-order valence-corrected chi connectivity index (χ0v) is 37.6. The monoisotopic (exact) mass is 951 g/mol. The number of carboxylic acids is 1. The third-order valence-electron chi connectivity index (χ3n) is 8.47. The number of sulfonamides is 1. The van der Waals surface area contributed by atoms with Gasteiger partial charge in [-0.3, -0.25) is 28.7 Å². The number of carboxylic acid groups (broad SMARTS) is 1. The molecule has 5 amide bonds. The number of amides is 5. The average molecular weight is 953 g/mol. The van der Waals surface area contributed by atoms with Crippen molar-refractivity contribution in [1.29, 1.82) is 0 Å². The molecule has 0 aliphatic carbocycles. The highest BCUT2D eigenvalue weighted by Crippen LogP contribution is 2.14. The van der Waals surface area contributed by atoms with Gasteiger partial charge in [0.2, 0.25) is 39.6 Å². The molecule has 0 aliphatic heterocycles. The van der Waals surface area contributed by atoms with Crippen LogP contribution in [0.1, 0.15) is 93.8 Å². The molecule has 0 fully saturated rings. The Morgan fingerprint density at radius 3 is 1.56 bits per heavy atom. The van der Waals surface area contributed by atoms with Crippen LogP contribution in [0.3, 0.4) is 0 Å². The van der Waals surface area contributed by atoms with Crippen LogP contribution in [-0.4, -0.2) is 146 Å². The number of hydrogen-bond acceptors (Lipinski definition) is 13. The van der Waals surface area contributed by atoms with Crippen LogP contribution in [0.2, 0.25) is 0 Å². The molecule has 0 saturated carbocycles. The lowest BCUT2D eigenvalue weighted by atomic mass is 10.1. The van der Waals surface area contributed by atoms with E-state index in [2.05, 4.69) is 41.9 Å². The lowest BCUT2D eigenvalue weighted by molar-refractivity contribution is -0.127. The Hall–Kier alpha value is -3.89. The topological polar surface area (TPSA) is 263 Å². The molecule has 61 heavy (non-hydrogen) atoms. The molecule has 0 spiro atoms. The first kappa shape index (κ1) is 55.1. The minimum Gasteiger partial charge on any atom is -0.494 e. The zero-order chi connectivity index (χ0) is 44.8. The van der Waals surface area contributed by atoms with E-state index in [0.29, 0.717) is 31.9 Å². The summed E-state index contributed by atoms with van der Waals surface area (Å²) in [7, 11) is -3.84. The smallest absolute Gasteiger partial charge is 0.335 e. The Morgan fingerprint density at radius 2 is 0.984 bits per heavy atom. The Morgan fingerprint density at radius 1 is 0.508 bits per heavy atom. The van der Waals surface area contributed by atoms with E-state index in [1.165, 1.54) is 12.1 Å². The summed E-state index contributed by atoms with van der Waals surface area (Å²) in [4.78, 5) is 69.8. The molecule has 0 aliphatic rings. The summed E-state index contributed by atoms with van der Waals surface area (Å²) in [6.45, 7) is 3.28. The normalized spacial score (nSPS) is 11.1. The van der Waals surface area contributed by atoms with Crippen molar-refractivity contribution in [1.82, 2.24) is 26.0 Å². The Balaban J connectivity index is 1.87. The molecule has 348 valence electrons. The maximum absolute atomic E-state index is 12.3. The van der Waals surface area contributed by atoms with Crippen molar-refractivity contribution < 1.29 is 66.0 Å². The second-order valence-electron chi connectivity index (χ2n) is 13.8. The number of rotatable bonds is 40. The molecule has 0 atom stereocenters. The molecule has 0 radical (unpaired) electrons. The maximum atomic E-state index is 12.3. The summed E-state index contributed by atoms with van der Waals surface area (Å²) in [6, 6.07) is 6.28. The van der Waals surface area contributed by atoms with Crippen molar-refractivity contribution in [2.75, 3.05) is 96.7 Å². The highest BCUT2D eigenvalue weighted by Gasteiger charge is 2.15. The molecule has 21 heteroatoms. The maximum Gasteiger partial charge on any atom is 0.335 e. The van der Waals surface area contributed by atoms with E-state index in [4.69, 9.17) is 28.8 Å². The minimum absolute atomic E-state index is 0.0265. The van der Waals surface area contributed by atoms with Crippen LogP contribution in [0.15, 0.2) is 24.3 Å². The summed E-state index contributed by atoms with van der Waals surface area (Å²) < 4.78 is 53.5. The highest BCUT2D eigenvalue weighted by atomic mass is 79.9. The van der Waals surface area contributed by atoms with E-state index in [9.17, 15) is 37.2 Å². The van der Waals surface area contributed by atoms with Gasteiger partial charge in [-0.1, -0.05) is 48.0 Å². The molecule has 0 bridgehead atoms. The van der Waals surface area contributed by atoms with Gasteiger partial charge in [0.05, 0.1) is 62.9 Å². The number of hydrogen-bond donors (Lipinski definition) is 6. The number of benzene rings is 1. The fourth-order valence-corrected chi connectivity index (χ4v) is 6.54. The van der Waals surface area contributed by atoms with Gasteiger partial charge in [0.15, 0.2) is 0 Å². The highest BCUT2D eigenvalue weighted by molar-refractivity contribution is 9.09. The molecule has 0 unspecified atom stereocenters. The van der Waals surface area contributed by atoms with Crippen LogP contribution in [0, 0.1) is 0 Å². The lowest BCUT2D eigenvalue weighted by Crippen LogP contribution is -2.33. The third kappa shape index (κ3) is 34.4. The first-order chi connectivity index (χ1) is 29.4. The van der Waals surface area contributed by atoms with E-state index in [0.717, 1.165) is 57.8 Å². The van der Waals surface area contributed by atoms with Crippen molar-refractivity contribution >= 4 is 61.5 Å². The van der Waals surface area contributed by atoms with Gasteiger partial charge in [0.1, 0.15) is 19.0 Å². The van der Waals surface area contributed by atoms with Gasteiger partial charge < -0.3 is 50.1 Å². The first-order valence-electron chi connectivity index (χ1n) is 20.8. The Labute approximate surface area is 368 Å². The number of ether oxygens (including phenoxy) is 5. The standard InChI is InChI=1S/C40H66BrN5O14S/c41-30-37(49)42-18-8-6-9-19-43-38(50)31-58-27-26-57-24-21-45-39(51)32-59-28-25-56-23-20-44-35(47)13-11-29-61(54,55)46-36(48)12-7-4-2-1-3-5-10-22-60-34-16-14-33(15-17-34)40(52)53/h14-17H,1-13,18-32H2,(H,42,49)(H,43,50)(H,44,47)(H,45,51)(H,46,48)(H,52,53). The SMILES string of the molecule is O=C(CBr)NCCCCCNC(=O)COCCOCCNC(=O)COCCOCCNC(=O)CCCS(=O)(=O)NC(=O)CCCCCCCCCOc1ccc(C(=O)O)cc1. The predicted molar refractivity (Wildman–Crippen MR) is 230 cm³/mol. The number of alkyl halides is 1. The fraction of sp³-hybridized carbons (Fsp3) is 0.700. The van der Waals surface area contributed by atoms with Gasteiger partial charge in [0, 0.05) is 39.0 Å². The summed E-state index contributed by atoms with van der Waals surface area (Å²) in [5.41, 5.74) is 0.212. The number of unbranched alkanes of at least 4 members (excludes halogenated alkanes) is 8. The van der Waals surface area contributed by atoms with E-state index < -0.39 is 21.9 Å². The molecule has 1 rings (SSSR count). The van der Waals surface area contributed by atoms with Crippen molar-refractivity contribution in [2.45, 2.75) is 83.5 Å². The largest absolute Gasteiger partial charge is 0.494 e. The number of nitrogens with one attached hydrogen (secondary N) is 5. The van der Waals surface area contributed by atoms with Gasteiger partial charge in [0.25, 0.3) is 0 Å². The van der Waals surface area contributed by atoms with Crippen molar-refractivity contribution in [3.05, 3.63) is 29.8 Å². The quantitative estimate of drug-likeness (QED) is 0.0407. The number of carbonyl (C=O) groups is 6. The molecule has 0 aromatic heterocycles. The fourth-order valence-electron chi connectivity index (χ4n) is 5.27. The Bertz CT molecular complexity index is 1500. The molecule has 19 nitrogen and oxygen atoms in total. The lowest BCUT2D eigenvalue weighted by Gasteiger charge is -2.09. The van der Waals surface area contributed by atoms with E-state index >= 15 is 0 Å². The van der Waals surface area contributed by atoms with Gasteiger partial charge >= 0.3 is 5.97 Å². The molecule has 0 saturated heterocycles.